The van der Waals surface area contributed by atoms with Gasteiger partial charge in [0.1, 0.15) is 12.4 Å². The van der Waals surface area contributed by atoms with Crippen molar-refractivity contribution < 1.29 is 23.4 Å². The van der Waals surface area contributed by atoms with Crippen LogP contribution in [0.1, 0.15) is 70.3 Å². The minimum atomic E-state index is -0.292. The zero-order valence-corrected chi connectivity index (χ0v) is 20.1. The molecule has 0 unspecified atom stereocenters. The lowest BCUT2D eigenvalue weighted by Gasteiger charge is -2.53. The zero-order chi connectivity index (χ0) is 23.4. The highest BCUT2D eigenvalue weighted by Gasteiger charge is 2.53. The number of fused-ring (bicyclic) bond motifs is 3. The fourth-order valence-corrected chi connectivity index (χ4v) is 5.88. The summed E-state index contributed by atoms with van der Waals surface area (Å²) >= 11 is 0. The van der Waals surface area contributed by atoms with Gasteiger partial charge >= 0.3 is 0 Å². The van der Waals surface area contributed by atoms with Gasteiger partial charge in [-0.05, 0) is 73.6 Å². The summed E-state index contributed by atoms with van der Waals surface area (Å²) in [5.74, 6) is 0.971. The molecular formula is C27H38FNO4. The Kier molecular flexibility index (Phi) is 7.44. The molecular weight excluding hydrogens is 421 g/mol. The molecule has 6 heteroatoms. The minimum absolute atomic E-state index is 0.155. The number of rotatable bonds is 9. The fraction of sp³-hybridized carbons (Fsp3) is 0.667. The number of methoxy groups -OCH3 is 1. The summed E-state index contributed by atoms with van der Waals surface area (Å²) < 4.78 is 29.8. The molecule has 1 aromatic carbocycles. The highest BCUT2D eigenvalue weighted by Crippen LogP contribution is 2.58. The molecule has 1 amide bonds. The van der Waals surface area contributed by atoms with Crippen molar-refractivity contribution in [3.05, 3.63) is 41.7 Å². The van der Waals surface area contributed by atoms with Crippen LogP contribution >= 0.6 is 0 Å². The molecule has 3 aliphatic carbocycles. The number of carbonyl (C=O) groups is 1. The van der Waals surface area contributed by atoms with Gasteiger partial charge < -0.3 is 19.5 Å². The lowest BCUT2D eigenvalue weighted by molar-refractivity contribution is -0.141. The Morgan fingerprint density at radius 1 is 1.06 bits per heavy atom. The standard InChI is InChI=1S/C27H38FNO4/c1-3-21(18-28)19-33-23-6-4-22(5-7-23)25-8-11-26(12-9-25,13-10-25)24(30)29-20-27(31-2)14-16-32-17-15-27/h4-7,18H,3,8-17,19-20H2,1-2H3,(H,29,30)/b21-18+. The molecule has 33 heavy (non-hydrogen) atoms. The van der Waals surface area contributed by atoms with E-state index in [1.807, 2.05) is 19.1 Å². The Morgan fingerprint density at radius 3 is 2.24 bits per heavy atom. The van der Waals surface area contributed by atoms with E-state index in [2.05, 4.69) is 17.4 Å². The molecule has 0 aromatic heterocycles. The van der Waals surface area contributed by atoms with Crippen LogP contribution in [0.25, 0.3) is 0 Å². The molecule has 1 N–H and O–H groups in total. The predicted octanol–water partition coefficient (Wildman–Crippen LogP) is 5.23. The van der Waals surface area contributed by atoms with Crippen LogP contribution in [0.2, 0.25) is 0 Å². The Labute approximate surface area is 197 Å². The van der Waals surface area contributed by atoms with E-state index in [-0.39, 0.29) is 28.9 Å². The van der Waals surface area contributed by atoms with Crippen molar-refractivity contribution in [2.45, 2.75) is 75.7 Å². The maximum absolute atomic E-state index is 13.3. The van der Waals surface area contributed by atoms with Crippen molar-refractivity contribution in [1.29, 1.82) is 0 Å². The molecule has 0 atom stereocenters. The van der Waals surface area contributed by atoms with Gasteiger partial charge in [-0.1, -0.05) is 19.1 Å². The third-order valence-electron chi connectivity index (χ3n) is 8.64. The molecule has 3 saturated carbocycles. The number of nitrogens with one attached hydrogen (secondary N) is 1. The maximum Gasteiger partial charge on any atom is 0.226 e. The topological polar surface area (TPSA) is 56.8 Å². The summed E-state index contributed by atoms with van der Waals surface area (Å²) in [6.45, 7) is 4.15. The van der Waals surface area contributed by atoms with Crippen LogP contribution in [0.3, 0.4) is 0 Å². The molecule has 1 aliphatic heterocycles. The van der Waals surface area contributed by atoms with Crippen LogP contribution in [0.5, 0.6) is 5.75 Å². The van der Waals surface area contributed by atoms with Gasteiger partial charge in [-0.2, -0.15) is 0 Å². The van der Waals surface area contributed by atoms with Crippen molar-refractivity contribution in [2.75, 3.05) is 33.5 Å². The molecule has 2 bridgehead atoms. The number of ether oxygens (including phenoxy) is 3. The Hall–Kier alpha value is -1.92. The first kappa shape index (κ1) is 24.2. The zero-order valence-electron chi connectivity index (χ0n) is 20.1. The van der Waals surface area contributed by atoms with E-state index in [9.17, 15) is 9.18 Å². The average Bonchev–Trinajstić information content (AvgIpc) is 2.90. The third kappa shape index (κ3) is 4.97. The van der Waals surface area contributed by atoms with E-state index in [4.69, 9.17) is 14.2 Å². The molecule has 1 heterocycles. The monoisotopic (exact) mass is 459 g/mol. The van der Waals surface area contributed by atoms with Crippen LogP contribution in [-0.2, 0) is 19.7 Å². The lowest BCUT2D eigenvalue weighted by atomic mass is 9.51. The van der Waals surface area contributed by atoms with E-state index in [1.54, 1.807) is 7.11 Å². The molecule has 5 nitrogen and oxygen atoms in total. The van der Waals surface area contributed by atoms with E-state index in [0.717, 1.165) is 57.1 Å². The third-order valence-corrected chi connectivity index (χ3v) is 8.64. The fourth-order valence-electron chi connectivity index (χ4n) is 5.88. The van der Waals surface area contributed by atoms with Crippen LogP contribution in [0, 0.1) is 5.41 Å². The van der Waals surface area contributed by atoms with Gasteiger partial charge in [0.15, 0.2) is 0 Å². The van der Waals surface area contributed by atoms with Gasteiger partial charge in [0.05, 0.1) is 11.9 Å². The van der Waals surface area contributed by atoms with Gasteiger partial charge in [0, 0.05) is 45.1 Å². The van der Waals surface area contributed by atoms with E-state index in [1.165, 1.54) is 5.56 Å². The number of amides is 1. The van der Waals surface area contributed by atoms with Crippen molar-refractivity contribution in [2.24, 2.45) is 5.41 Å². The molecule has 182 valence electrons. The second-order valence-corrected chi connectivity index (χ2v) is 10.2. The van der Waals surface area contributed by atoms with Crippen LogP contribution in [0.4, 0.5) is 4.39 Å². The van der Waals surface area contributed by atoms with Gasteiger partial charge in [-0.15, -0.1) is 0 Å². The molecule has 1 saturated heterocycles. The summed E-state index contributed by atoms with van der Waals surface area (Å²) in [6.07, 6.45) is 8.83. The first-order valence-electron chi connectivity index (χ1n) is 12.4. The smallest absolute Gasteiger partial charge is 0.226 e. The number of carbonyl (C=O) groups excluding carboxylic acids is 1. The summed E-state index contributed by atoms with van der Waals surface area (Å²) in [6, 6.07) is 8.31. The number of hydrogen-bond donors (Lipinski definition) is 1. The summed E-state index contributed by atoms with van der Waals surface area (Å²) in [5.41, 5.74) is 1.61. The quantitative estimate of drug-likeness (QED) is 0.549. The van der Waals surface area contributed by atoms with Gasteiger partial charge in [-0.25, -0.2) is 4.39 Å². The second kappa shape index (κ2) is 10.1. The highest BCUT2D eigenvalue weighted by atomic mass is 19.1. The second-order valence-electron chi connectivity index (χ2n) is 10.2. The molecule has 4 fully saturated rings. The van der Waals surface area contributed by atoms with Gasteiger partial charge in [-0.3, -0.25) is 4.79 Å². The van der Waals surface area contributed by atoms with Crippen LogP contribution < -0.4 is 10.1 Å². The van der Waals surface area contributed by atoms with Crippen molar-refractivity contribution in [1.82, 2.24) is 5.32 Å². The molecule has 4 aliphatic rings. The summed E-state index contributed by atoms with van der Waals surface area (Å²) in [7, 11) is 1.74. The van der Waals surface area contributed by atoms with E-state index >= 15 is 0 Å². The van der Waals surface area contributed by atoms with Gasteiger partial charge in [0.2, 0.25) is 5.91 Å². The molecule has 1 aromatic rings. The number of hydrogen-bond acceptors (Lipinski definition) is 4. The highest BCUT2D eigenvalue weighted by molar-refractivity contribution is 5.83. The average molecular weight is 460 g/mol. The first-order chi connectivity index (χ1) is 16.0. The Bertz CT molecular complexity index is 820. The largest absolute Gasteiger partial charge is 0.489 e. The van der Waals surface area contributed by atoms with Crippen molar-refractivity contribution in [3.63, 3.8) is 0 Å². The molecule has 0 spiro atoms. The minimum Gasteiger partial charge on any atom is -0.489 e. The van der Waals surface area contributed by atoms with Crippen LogP contribution in [0.15, 0.2) is 36.2 Å². The lowest BCUT2D eigenvalue weighted by Crippen LogP contribution is -2.55. The Morgan fingerprint density at radius 2 is 1.70 bits per heavy atom. The van der Waals surface area contributed by atoms with Crippen LogP contribution in [-0.4, -0.2) is 45.0 Å². The molecule has 0 radical (unpaired) electrons. The Balaban J connectivity index is 1.34. The molecule has 5 rings (SSSR count). The number of benzene rings is 1. The number of halogens is 1. The predicted molar refractivity (Wildman–Crippen MR) is 126 cm³/mol. The maximum atomic E-state index is 13.3. The van der Waals surface area contributed by atoms with Gasteiger partial charge in [0.25, 0.3) is 0 Å². The van der Waals surface area contributed by atoms with Crippen molar-refractivity contribution >= 4 is 5.91 Å². The van der Waals surface area contributed by atoms with E-state index in [0.29, 0.717) is 38.1 Å². The van der Waals surface area contributed by atoms with Crippen molar-refractivity contribution in [3.8, 4) is 5.75 Å². The summed E-state index contributed by atoms with van der Waals surface area (Å²) in [5, 5.41) is 3.26. The first-order valence-corrected chi connectivity index (χ1v) is 12.4. The van der Waals surface area contributed by atoms with E-state index < -0.39 is 0 Å². The SMILES string of the molecule is CC/C(=C\F)COc1ccc(C23CCC(C(=O)NCC4(OC)CCOCC4)(CC2)CC3)cc1. The summed E-state index contributed by atoms with van der Waals surface area (Å²) in [4.78, 5) is 13.3. The normalized spacial score (nSPS) is 29.0.